The summed E-state index contributed by atoms with van der Waals surface area (Å²) in [4.78, 5) is 21.7. The molecular formula is C28H35F3N6O. The van der Waals surface area contributed by atoms with E-state index < -0.39 is 29.3 Å². The van der Waals surface area contributed by atoms with Gasteiger partial charge >= 0.3 is 6.03 Å². The average Bonchev–Trinajstić information content (AvgIpc) is 3.55. The number of aromatic nitrogens is 3. The smallest absolute Gasteiger partial charge is 0.320 e. The average molecular weight is 529 g/mol. The summed E-state index contributed by atoms with van der Waals surface area (Å²) in [6.07, 6.45) is 0.309. The molecule has 0 radical (unpaired) electrons. The van der Waals surface area contributed by atoms with Gasteiger partial charge < -0.3 is 15.5 Å². The van der Waals surface area contributed by atoms with Gasteiger partial charge in [0.15, 0.2) is 11.6 Å². The van der Waals surface area contributed by atoms with E-state index in [1.807, 2.05) is 51.1 Å². The zero-order chi connectivity index (χ0) is 27.4. The van der Waals surface area contributed by atoms with Crippen molar-refractivity contribution in [3.8, 4) is 11.4 Å². The normalized spacial score (nSPS) is 15.5. The van der Waals surface area contributed by atoms with E-state index in [0.29, 0.717) is 18.9 Å². The lowest BCUT2D eigenvalue weighted by Gasteiger charge is -2.41. The van der Waals surface area contributed by atoms with Gasteiger partial charge in [-0.1, -0.05) is 51.1 Å². The van der Waals surface area contributed by atoms with Crippen LogP contribution in [0, 0.1) is 17.0 Å². The first-order valence-electron chi connectivity index (χ1n) is 12.9. The number of amides is 2. The van der Waals surface area contributed by atoms with Gasteiger partial charge in [0.1, 0.15) is 17.8 Å². The Kier molecular flexibility index (Phi) is 8.40. The molecule has 4 rings (SSSR count). The van der Waals surface area contributed by atoms with Crippen molar-refractivity contribution in [1.29, 1.82) is 0 Å². The van der Waals surface area contributed by atoms with Crippen molar-refractivity contribution in [2.75, 3.05) is 26.2 Å². The highest BCUT2D eigenvalue weighted by molar-refractivity contribution is 5.75. The van der Waals surface area contributed by atoms with Crippen LogP contribution < -0.4 is 5.73 Å². The number of nitrogens with zero attached hydrogens (tertiary/aromatic N) is 5. The van der Waals surface area contributed by atoms with Crippen LogP contribution in [0.3, 0.4) is 0 Å². The van der Waals surface area contributed by atoms with E-state index in [1.54, 1.807) is 9.58 Å². The lowest BCUT2D eigenvalue weighted by molar-refractivity contribution is 0.0710. The van der Waals surface area contributed by atoms with Gasteiger partial charge in [-0.2, -0.15) is 5.10 Å². The van der Waals surface area contributed by atoms with Crippen LogP contribution in [-0.2, 0) is 6.54 Å². The molecule has 2 aromatic carbocycles. The topological polar surface area (TPSA) is 80.3 Å². The Morgan fingerprint density at radius 3 is 2.42 bits per heavy atom. The van der Waals surface area contributed by atoms with Crippen molar-refractivity contribution in [2.45, 2.75) is 52.4 Å². The zero-order valence-electron chi connectivity index (χ0n) is 22.1. The third kappa shape index (κ3) is 6.18. The second-order valence-corrected chi connectivity index (χ2v) is 10.8. The molecule has 204 valence electrons. The molecule has 1 aromatic heterocycles. The maximum absolute atomic E-state index is 14.8. The van der Waals surface area contributed by atoms with Crippen molar-refractivity contribution in [1.82, 2.24) is 24.6 Å². The molecule has 38 heavy (non-hydrogen) atoms. The molecule has 2 N–H and O–H groups in total. The van der Waals surface area contributed by atoms with E-state index in [9.17, 15) is 18.0 Å². The van der Waals surface area contributed by atoms with Gasteiger partial charge in [0.05, 0.1) is 24.7 Å². The molecule has 0 aliphatic carbocycles. The van der Waals surface area contributed by atoms with E-state index in [2.05, 4.69) is 10.1 Å². The highest BCUT2D eigenvalue weighted by Gasteiger charge is 2.41. The maximum Gasteiger partial charge on any atom is 0.320 e. The molecule has 7 nitrogen and oxygen atoms in total. The highest BCUT2D eigenvalue weighted by Crippen LogP contribution is 2.39. The molecule has 1 saturated heterocycles. The summed E-state index contributed by atoms with van der Waals surface area (Å²) in [5, 5.41) is 4.58. The van der Waals surface area contributed by atoms with Crippen LogP contribution in [0.15, 0.2) is 48.5 Å². The van der Waals surface area contributed by atoms with Crippen LogP contribution in [0.2, 0.25) is 0 Å². The third-order valence-electron chi connectivity index (χ3n) is 6.69. The van der Waals surface area contributed by atoms with Crippen LogP contribution in [0.5, 0.6) is 0 Å². The number of carbonyl (C=O) groups excluding carboxylic acids is 1. The Morgan fingerprint density at radius 2 is 1.79 bits per heavy atom. The van der Waals surface area contributed by atoms with Crippen molar-refractivity contribution in [2.24, 2.45) is 11.1 Å². The number of nitrogens with two attached hydrogens (primary N) is 1. The second kappa shape index (κ2) is 11.6. The summed E-state index contributed by atoms with van der Waals surface area (Å²) < 4.78 is 45.3. The molecule has 0 unspecified atom stereocenters. The van der Waals surface area contributed by atoms with Crippen molar-refractivity contribution < 1.29 is 18.0 Å². The summed E-state index contributed by atoms with van der Waals surface area (Å²) in [5.41, 5.74) is 5.82. The van der Waals surface area contributed by atoms with Crippen LogP contribution in [-0.4, -0.2) is 62.9 Å². The summed E-state index contributed by atoms with van der Waals surface area (Å²) in [6.45, 7) is 6.77. The van der Waals surface area contributed by atoms with Crippen LogP contribution in [0.1, 0.15) is 51.0 Å². The Bertz CT molecular complexity index is 1240. The number of halogens is 3. The maximum atomic E-state index is 14.8. The highest BCUT2D eigenvalue weighted by atomic mass is 19.1. The van der Waals surface area contributed by atoms with Gasteiger partial charge in [-0.15, -0.1) is 0 Å². The molecule has 0 bridgehead atoms. The van der Waals surface area contributed by atoms with E-state index in [0.717, 1.165) is 36.6 Å². The van der Waals surface area contributed by atoms with Gasteiger partial charge in [0.25, 0.3) is 0 Å². The lowest BCUT2D eigenvalue weighted by Crippen LogP contribution is -2.51. The Labute approximate surface area is 221 Å². The molecule has 0 saturated carbocycles. The minimum absolute atomic E-state index is 0.00799. The predicted molar refractivity (Wildman–Crippen MR) is 140 cm³/mol. The van der Waals surface area contributed by atoms with Gasteiger partial charge in [-0.3, -0.25) is 0 Å². The minimum atomic E-state index is -1.45. The number of urea groups is 1. The Morgan fingerprint density at radius 1 is 1.11 bits per heavy atom. The van der Waals surface area contributed by atoms with Gasteiger partial charge in [-0.05, 0) is 42.0 Å². The fourth-order valence-corrected chi connectivity index (χ4v) is 4.88. The van der Waals surface area contributed by atoms with Crippen molar-refractivity contribution in [3.05, 3.63) is 71.6 Å². The van der Waals surface area contributed by atoms with Crippen LogP contribution in [0.25, 0.3) is 11.4 Å². The molecule has 2 atom stereocenters. The lowest BCUT2D eigenvalue weighted by atomic mass is 9.84. The zero-order valence-corrected chi connectivity index (χ0v) is 22.1. The van der Waals surface area contributed by atoms with Gasteiger partial charge in [0.2, 0.25) is 0 Å². The monoisotopic (exact) mass is 528 g/mol. The first kappa shape index (κ1) is 27.6. The van der Waals surface area contributed by atoms with Crippen molar-refractivity contribution >= 4 is 6.03 Å². The molecule has 2 heterocycles. The number of likely N-dealkylation sites (tertiary alicyclic amines) is 1. The molecule has 1 aliphatic rings. The van der Waals surface area contributed by atoms with Crippen LogP contribution >= 0.6 is 0 Å². The fourth-order valence-electron chi connectivity index (χ4n) is 4.88. The molecule has 10 heteroatoms. The standard InChI is InChI=1S/C28H35F3N6O/c1-28(2,3)24(36(18-21(30)16-32)27(38)35-13-7-8-14-35)26-33-25(22-15-20(29)11-12-23(22)31)34-37(26)17-19-9-5-4-6-10-19/h4-6,9-12,15,21,24H,7-8,13-14,16-18,32H2,1-3H3/t21-,24-/m0/s1. The number of hydrogen-bond acceptors (Lipinski definition) is 4. The van der Waals surface area contributed by atoms with E-state index in [-0.39, 0.29) is 37.1 Å². The first-order valence-corrected chi connectivity index (χ1v) is 12.9. The minimum Gasteiger partial charge on any atom is -0.328 e. The first-order chi connectivity index (χ1) is 18.1. The van der Waals surface area contributed by atoms with E-state index in [4.69, 9.17) is 5.73 Å². The summed E-state index contributed by atoms with van der Waals surface area (Å²) in [5.74, 6) is -0.939. The number of benzene rings is 2. The molecule has 0 spiro atoms. The van der Waals surface area contributed by atoms with E-state index in [1.165, 1.54) is 4.90 Å². The number of rotatable bonds is 8. The molecule has 1 fully saturated rings. The molecule has 2 amide bonds. The quantitative estimate of drug-likeness (QED) is 0.437. The van der Waals surface area contributed by atoms with Gasteiger partial charge in [-0.25, -0.2) is 27.6 Å². The second-order valence-electron chi connectivity index (χ2n) is 10.8. The largest absolute Gasteiger partial charge is 0.328 e. The Hall–Kier alpha value is -3.40. The SMILES string of the molecule is CC(C)(C)[C@H](c1nc(-c2cc(F)ccc2F)nn1Cc1ccccc1)N(C[C@@H](F)CN)C(=O)N1CCCC1. The Balaban J connectivity index is 1.88. The number of carbonyl (C=O) groups is 1. The summed E-state index contributed by atoms with van der Waals surface area (Å²) >= 11 is 0. The fraction of sp³-hybridized carbons (Fsp3) is 0.464. The molecule has 3 aromatic rings. The summed E-state index contributed by atoms with van der Waals surface area (Å²) in [6, 6.07) is 11.6. The van der Waals surface area contributed by atoms with E-state index >= 15 is 0 Å². The van der Waals surface area contributed by atoms with Gasteiger partial charge in [0, 0.05) is 19.6 Å². The number of hydrogen-bond donors (Lipinski definition) is 1. The van der Waals surface area contributed by atoms with Crippen molar-refractivity contribution in [3.63, 3.8) is 0 Å². The third-order valence-corrected chi connectivity index (χ3v) is 6.69. The summed E-state index contributed by atoms with van der Waals surface area (Å²) in [7, 11) is 0. The predicted octanol–water partition coefficient (Wildman–Crippen LogP) is 5.17. The molecular weight excluding hydrogens is 493 g/mol. The molecule has 1 aliphatic heterocycles. The van der Waals surface area contributed by atoms with Crippen LogP contribution in [0.4, 0.5) is 18.0 Å². The number of alkyl halides is 1.